The molecule has 1 atom stereocenters. The Labute approximate surface area is 122 Å². The fourth-order valence-corrected chi connectivity index (χ4v) is 2.10. The molecule has 0 bridgehead atoms. The Balaban J connectivity index is 2.34. The van der Waals surface area contributed by atoms with Crippen LogP contribution in [0.5, 0.6) is 5.88 Å². The molecule has 1 heterocycles. The molecule has 0 aliphatic heterocycles. The fraction of sp³-hybridized carbons (Fsp3) is 0.214. The SMILES string of the molecule is COc1ccc(=O)n(CC(C(N)=S)c2ccccc2)n1. The van der Waals surface area contributed by atoms with Gasteiger partial charge in [0.15, 0.2) is 0 Å². The van der Waals surface area contributed by atoms with Gasteiger partial charge in [0.2, 0.25) is 5.88 Å². The maximum Gasteiger partial charge on any atom is 0.267 e. The van der Waals surface area contributed by atoms with E-state index in [0.717, 1.165) is 5.56 Å². The number of methoxy groups -OCH3 is 1. The Morgan fingerprint density at radius 3 is 2.65 bits per heavy atom. The van der Waals surface area contributed by atoms with Crippen LogP contribution >= 0.6 is 12.2 Å². The second-order valence-electron chi connectivity index (χ2n) is 4.26. The molecule has 0 saturated carbocycles. The molecule has 2 aromatic rings. The number of ether oxygens (including phenoxy) is 1. The lowest BCUT2D eigenvalue weighted by Crippen LogP contribution is -2.30. The second-order valence-corrected chi connectivity index (χ2v) is 4.73. The summed E-state index contributed by atoms with van der Waals surface area (Å²) in [6.45, 7) is 0.287. The minimum Gasteiger partial charge on any atom is -0.480 e. The number of rotatable bonds is 5. The van der Waals surface area contributed by atoms with Crippen molar-refractivity contribution in [3.05, 3.63) is 58.4 Å². The molecule has 1 aromatic heterocycles. The highest BCUT2D eigenvalue weighted by atomic mass is 32.1. The van der Waals surface area contributed by atoms with E-state index >= 15 is 0 Å². The molecular formula is C14H15N3O2S. The molecule has 0 amide bonds. The van der Waals surface area contributed by atoms with E-state index in [1.165, 1.54) is 23.9 Å². The zero-order valence-corrected chi connectivity index (χ0v) is 11.8. The predicted molar refractivity (Wildman–Crippen MR) is 81.0 cm³/mol. The number of nitrogens with two attached hydrogens (primary N) is 1. The molecule has 0 saturated heterocycles. The van der Waals surface area contributed by atoms with Crippen LogP contribution in [0.25, 0.3) is 0 Å². The third-order valence-electron chi connectivity index (χ3n) is 2.95. The van der Waals surface area contributed by atoms with E-state index in [1.54, 1.807) is 0 Å². The van der Waals surface area contributed by atoms with Crippen LogP contribution in [0.2, 0.25) is 0 Å². The van der Waals surface area contributed by atoms with E-state index < -0.39 is 0 Å². The highest BCUT2D eigenvalue weighted by Crippen LogP contribution is 2.17. The topological polar surface area (TPSA) is 70.1 Å². The third-order valence-corrected chi connectivity index (χ3v) is 3.24. The van der Waals surface area contributed by atoms with E-state index in [4.69, 9.17) is 22.7 Å². The molecule has 0 spiro atoms. The quantitative estimate of drug-likeness (QED) is 0.841. The number of hydrogen-bond donors (Lipinski definition) is 1. The van der Waals surface area contributed by atoms with Crippen molar-refractivity contribution >= 4 is 17.2 Å². The average molecular weight is 289 g/mol. The van der Waals surface area contributed by atoms with Gasteiger partial charge in [0, 0.05) is 12.1 Å². The van der Waals surface area contributed by atoms with E-state index in [-0.39, 0.29) is 18.0 Å². The zero-order valence-electron chi connectivity index (χ0n) is 11.0. The fourth-order valence-electron chi connectivity index (χ4n) is 1.89. The van der Waals surface area contributed by atoms with Crippen LogP contribution in [-0.4, -0.2) is 21.9 Å². The number of hydrogen-bond acceptors (Lipinski definition) is 4. The molecule has 2 rings (SSSR count). The van der Waals surface area contributed by atoms with Crippen LogP contribution in [0.15, 0.2) is 47.3 Å². The minimum absolute atomic E-state index is 0.219. The van der Waals surface area contributed by atoms with E-state index in [1.807, 2.05) is 30.3 Å². The van der Waals surface area contributed by atoms with Crippen LogP contribution in [0.3, 0.4) is 0 Å². The van der Waals surface area contributed by atoms with Crippen molar-refractivity contribution in [1.82, 2.24) is 9.78 Å². The summed E-state index contributed by atoms with van der Waals surface area (Å²) in [6.07, 6.45) is 0. The Kier molecular flexibility index (Phi) is 4.47. The van der Waals surface area contributed by atoms with Gasteiger partial charge in [-0.05, 0) is 5.56 Å². The summed E-state index contributed by atoms with van der Waals surface area (Å²) in [7, 11) is 1.50. The lowest BCUT2D eigenvalue weighted by molar-refractivity contribution is 0.374. The van der Waals surface area contributed by atoms with Crippen molar-refractivity contribution in [2.45, 2.75) is 12.5 Å². The standard InChI is InChI=1S/C14H15N3O2S/c1-19-12-7-8-13(18)17(16-12)9-11(14(15)20)10-5-3-2-4-6-10/h2-8,11H,9H2,1H3,(H2,15,20). The van der Waals surface area contributed by atoms with Gasteiger partial charge in [0.25, 0.3) is 5.56 Å². The number of benzene rings is 1. The minimum atomic E-state index is -0.247. The highest BCUT2D eigenvalue weighted by Gasteiger charge is 2.16. The van der Waals surface area contributed by atoms with Crippen molar-refractivity contribution < 1.29 is 4.74 Å². The summed E-state index contributed by atoms with van der Waals surface area (Å²) in [5.41, 5.74) is 6.53. The Morgan fingerprint density at radius 1 is 1.35 bits per heavy atom. The normalized spacial score (nSPS) is 11.8. The number of thiocarbonyl (C=S) groups is 1. The molecule has 104 valence electrons. The Bertz CT molecular complexity index is 655. The van der Waals surface area contributed by atoms with Gasteiger partial charge < -0.3 is 10.5 Å². The summed E-state index contributed by atoms with van der Waals surface area (Å²) < 4.78 is 6.34. The first-order chi connectivity index (χ1) is 9.61. The van der Waals surface area contributed by atoms with Crippen molar-refractivity contribution in [1.29, 1.82) is 0 Å². The predicted octanol–water partition coefficient (Wildman–Crippen LogP) is 1.32. The van der Waals surface area contributed by atoms with Gasteiger partial charge in [-0.1, -0.05) is 42.5 Å². The molecule has 5 nitrogen and oxygen atoms in total. The lowest BCUT2D eigenvalue weighted by atomic mass is 9.99. The molecule has 0 fully saturated rings. The average Bonchev–Trinajstić information content (AvgIpc) is 2.47. The van der Waals surface area contributed by atoms with Gasteiger partial charge >= 0.3 is 0 Å². The van der Waals surface area contributed by atoms with Crippen LogP contribution < -0.4 is 16.0 Å². The smallest absolute Gasteiger partial charge is 0.267 e. The van der Waals surface area contributed by atoms with Gasteiger partial charge in [-0.2, -0.15) is 0 Å². The molecule has 1 aromatic carbocycles. The zero-order chi connectivity index (χ0) is 14.5. The first kappa shape index (κ1) is 14.2. The van der Waals surface area contributed by atoms with Crippen molar-refractivity contribution in [3.8, 4) is 5.88 Å². The van der Waals surface area contributed by atoms with Gasteiger partial charge in [-0.3, -0.25) is 4.79 Å². The summed E-state index contributed by atoms with van der Waals surface area (Å²) >= 11 is 5.11. The van der Waals surface area contributed by atoms with Crippen LogP contribution in [-0.2, 0) is 6.54 Å². The van der Waals surface area contributed by atoms with Crippen molar-refractivity contribution in [3.63, 3.8) is 0 Å². The monoisotopic (exact) mass is 289 g/mol. The second kappa shape index (κ2) is 6.29. The maximum absolute atomic E-state index is 11.8. The lowest BCUT2D eigenvalue weighted by Gasteiger charge is -2.16. The molecule has 6 heteroatoms. The highest BCUT2D eigenvalue weighted by molar-refractivity contribution is 7.80. The number of nitrogens with zero attached hydrogens (tertiary/aromatic N) is 2. The van der Waals surface area contributed by atoms with Gasteiger partial charge in [0.1, 0.15) is 0 Å². The molecular weight excluding hydrogens is 274 g/mol. The molecule has 0 aliphatic carbocycles. The van der Waals surface area contributed by atoms with E-state index in [0.29, 0.717) is 10.9 Å². The largest absolute Gasteiger partial charge is 0.480 e. The molecule has 0 aliphatic rings. The summed E-state index contributed by atoms with van der Waals surface area (Å²) in [6, 6.07) is 12.5. The number of aromatic nitrogens is 2. The van der Waals surface area contributed by atoms with Gasteiger partial charge in [-0.15, -0.1) is 5.10 Å². The molecule has 20 heavy (non-hydrogen) atoms. The Morgan fingerprint density at radius 2 is 2.05 bits per heavy atom. The third kappa shape index (κ3) is 3.21. The van der Waals surface area contributed by atoms with E-state index in [9.17, 15) is 4.79 Å². The van der Waals surface area contributed by atoms with Gasteiger partial charge in [0.05, 0.1) is 24.6 Å². The van der Waals surface area contributed by atoms with Crippen LogP contribution in [0.4, 0.5) is 0 Å². The van der Waals surface area contributed by atoms with Crippen LogP contribution in [0, 0.1) is 0 Å². The molecule has 1 unspecified atom stereocenters. The summed E-state index contributed by atoms with van der Waals surface area (Å²) in [5.74, 6) is 0.128. The summed E-state index contributed by atoms with van der Waals surface area (Å²) in [5, 5.41) is 4.11. The van der Waals surface area contributed by atoms with Crippen LogP contribution in [0.1, 0.15) is 11.5 Å². The maximum atomic E-state index is 11.8. The Hall–Kier alpha value is -2.21. The first-order valence-corrected chi connectivity index (χ1v) is 6.49. The van der Waals surface area contributed by atoms with Crippen molar-refractivity contribution in [2.75, 3.05) is 7.11 Å². The first-order valence-electron chi connectivity index (χ1n) is 6.08. The molecule has 2 N–H and O–H groups in total. The molecule has 0 radical (unpaired) electrons. The van der Waals surface area contributed by atoms with Gasteiger partial charge in [-0.25, -0.2) is 4.68 Å². The van der Waals surface area contributed by atoms with Crippen molar-refractivity contribution in [2.24, 2.45) is 5.73 Å². The summed E-state index contributed by atoms with van der Waals surface area (Å²) in [4.78, 5) is 12.2. The van der Waals surface area contributed by atoms with E-state index in [2.05, 4.69) is 5.10 Å².